The fraction of sp³-hybridized carbons (Fsp3) is 0.0952. The smallest absolute Gasteiger partial charge is 0.261 e. The Bertz CT molecular complexity index is 1230. The van der Waals surface area contributed by atoms with Crippen LogP contribution in [0.25, 0.3) is 16.9 Å². The molecule has 2 aromatic carbocycles. The molecule has 0 spiro atoms. The zero-order valence-electron chi connectivity index (χ0n) is 15.5. The Labute approximate surface area is 163 Å². The Balaban J connectivity index is 1.73. The maximum Gasteiger partial charge on any atom is 0.261 e. The number of imidazole rings is 1. The van der Waals surface area contributed by atoms with Gasteiger partial charge in [0.05, 0.1) is 23.4 Å². The molecule has 0 bridgehead atoms. The van der Waals surface area contributed by atoms with Crippen molar-refractivity contribution in [1.82, 2.24) is 9.38 Å². The van der Waals surface area contributed by atoms with E-state index >= 15 is 0 Å². The summed E-state index contributed by atoms with van der Waals surface area (Å²) in [6.07, 6.45) is 3.78. The van der Waals surface area contributed by atoms with Gasteiger partial charge in [-0.15, -0.1) is 0 Å². The number of anilines is 1. The van der Waals surface area contributed by atoms with E-state index in [9.17, 15) is 8.42 Å². The molecular formula is C21H19N3O3S. The quantitative estimate of drug-likeness (QED) is 0.554. The average Bonchev–Trinajstić information content (AvgIpc) is 3.12. The van der Waals surface area contributed by atoms with Crippen molar-refractivity contribution in [3.8, 4) is 17.0 Å². The molecule has 0 amide bonds. The lowest BCUT2D eigenvalue weighted by atomic mass is 10.1. The summed E-state index contributed by atoms with van der Waals surface area (Å²) in [5, 5.41) is 0. The summed E-state index contributed by atoms with van der Waals surface area (Å²) in [6, 6.07) is 17.7. The first-order chi connectivity index (χ1) is 13.5. The third kappa shape index (κ3) is 3.32. The Hall–Kier alpha value is -3.32. The molecule has 142 valence electrons. The fourth-order valence-electron chi connectivity index (χ4n) is 3.08. The Morgan fingerprint density at radius 3 is 2.57 bits per heavy atom. The van der Waals surface area contributed by atoms with Gasteiger partial charge in [0.1, 0.15) is 11.4 Å². The van der Waals surface area contributed by atoms with Gasteiger partial charge in [0.15, 0.2) is 0 Å². The van der Waals surface area contributed by atoms with Gasteiger partial charge in [-0.05, 0) is 48.9 Å². The van der Waals surface area contributed by atoms with E-state index in [4.69, 9.17) is 4.74 Å². The lowest BCUT2D eigenvalue weighted by molar-refractivity contribution is 0.411. The topological polar surface area (TPSA) is 72.7 Å². The molecule has 1 N–H and O–H groups in total. The molecule has 0 fully saturated rings. The van der Waals surface area contributed by atoms with E-state index in [1.54, 1.807) is 31.4 Å². The molecule has 2 aromatic heterocycles. The second kappa shape index (κ2) is 7.01. The first-order valence-electron chi connectivity index (χ1n) is 8.68. The van der Waals surface area contributed by atoms with Crippen molar-refractivity contribution in [1.29, 1.82) is 0 Å². The number of aromatic nitrogens is 2. The number of methoxy groups -OCH3 is 1. The highest BCUT2D eigenvalue weighted by atomic mass is 32.2. The van der Waals surface area contributed by atoms with E-state index in [1.165, 1.54) is 6.07 Å². The number of nitrogens with one attached hydrogen (secondary N) is 1. The average molecular weight is 393 g/mol. The summed E-state index contributed by atoms with van der Waals surface area (Å²) in [4.78, 5) is 4.77. The van der Waals surface area contributed by atoms with Gasteiger partial charge in [0.25, 0.3) is 10.0 Å². The van der Waals surface area contributed by atoms with Crippen LogP contribution in [0.4, 0.5) is 5.69 Å². The van der Waals surface area contributed by atoms with E-state index in [1.807, 2.05) is 54.0 Å². The predicted octanol–water partition coefficient (Wildman–Crippen LogP) is 4.12. The monoisotopic (exact) mass is 393 g/mol. The van der Waals surface area contributed by atoms with Crippen molar-refractivity contribution >= 4 is 21.4 Å². The van der Waals surface area contributed by atoms with Crippen molar-refractivity contribution in [3.05, 3.63) is 78.6 Å². The number of sulfonamides is 1. The summed E-state index contributed by atoms with van der Waals surface area (Å²) >= 11 is 0. The highest BCUT2D eigenvalue weighted by Gasteiger charge is 2.18. The molecule has 0 unspecified atom stereocenters. The van der Waals surface area contributed by atoms with Crippen LogP contribution >= 0.6 is 0 Å². The summed E-state index contributed by atoms with van der Waals surface area (Å²) in [6.45, 7) is 1.81. The molecule has 6 nitrogen and oxygen atoms in total. The molecule has 4 aromatic rings. The third-order valence-electron chi connectivity index (χ3n) is 4.49. The van der Waals surface area contributed by atoms with Gasteiger partial charge in [0.2, 0.25) is 0 Å². The lowest BCUT2D eigenvalue weighted by Gasteiger charge is -2.13. The molecular weight excluding hydrogens is 374 g/mol. The van der Waals surface area contributed by atoms with E-state index in [0.29, 0.717) is 22.7 Å². The normalized spacial score (nSPS) is 11.5. The van der Waals surface area contributed by atoms with Crippen LogP contribution in [0, 0.1) is 6.92 Å². The summed E-state index contributed by atoms with van der Waals surface area (Å²) < 4.78 is 35.7. The molecule has 4 rings (SSSR count). The van der Waals surface area contributed by atoms with Crippen LogP contribution < -0.4 is 9.46 Å². The predicted molar refractivity (Wildman–Crippen MR) is 109 cm³/mol. The van der Waals surface area contributed by atoms with Crippen LogP contribution in [0.1, 0.15) is 5.56 Å². The highest BCUT2D eigenvalue weighted by molar-refractivity contribution is 7.92. The molecule has 0 radical (unpaired) electrons. The lowest BCUT2D eigenvalue weighted by Crippen LogP contribution is -2.14. The van der Waals surface area contributed by atoms with Crippen LogP contribution in [0.5, 0.6) is 5.75 Å². The van der Waals surface area contributed by atoms with Crippen molar-refractivity contribution in [3.63, 3.8) is 0 Å². The fourth-order valence-corrected chi connectivity index (χ4v) is 4.25. The van der Waals surface area contributed by atoms with Crippen LogP contribution in [0.15, 0.2) is 78.0 Å². The molecule has 0 aliphatic rings. The van der Waals surface area contributed by atoms with Gasteiger partial charge >= 0.3 is 0 Å². The zero-order chi connectivity index (χ0) is 19.7. The van der Waals surface area contributed by atoms with Gasteiger partial charge in [-0.1, -0.05) is 24.3 Å². The molecule has 7 heteroatoms. The highest BCUT2D eigenvalue weighted by Crippen LogP contribution is 2.30. The minimum Gasteiger partial charge on any atom is -0.496 e. The van der Waals surface area contributed by atoms with E-state index in [0.717, 1.165) is 11.2 Å². The number of pyridine rings is 1. The number of hydrogen-bond donors (Lipinski definition) is 1. The van der Waals surface area contributed by atoms with Crippen LogP contribution in [0.3, 0.4) is 0 Å². The van der Waals surface area contributed by atoms with Crippen LogP contribution in [-0.2, 0) is 10.0 Å². The summed E-state index contributed by atoms with van der Waals surface area (Å²) in [5.74, 6) is 0.643. The van der Waals surface area contributed by atoms with Gasteiger partial charge in [-0.2, -0.15) is 0 Å². The van der Waals surface area contributed by atoms with Crippen LogP contribution in [-0.4, -0.2) is 24.9 Å². The summed E-state index contributed by atoms with van der Waals surface area (Å²) in [5.41, 5.74) is 3.41. The number of nitrogens with zero attached hydrogens (tertiary/aromatic N) is 2. The number of rotatable bonds is 5. The second-order valence-electron chi connectivity index (χ2n) is 6.37. The standard InChI is InChI=1S/C21H19N3O3S/c1-15-13-16(10-11-20(15)27-2)28(25,26)23-18-8-4-3-7-17(18)19-14-24-12-6-5-9-21(24)22-19/h3-14,23H,1-2H3. The maximum absolute atomic E-state index is 12.9. The van der Waals surface area contributed by atoms with Crippen molar-refractivity contribution < 1.29 is 13.2 Å². The second-order valence-corrected chi connectivity index (χ2v) is 8.06. The van der Waals surface area contributed by atoms with Crippen molar-refractivity contribution in [2.75, 3.05) is 11.8 Å². The largest absolute Gasteiger partial charge is 0.496 e. The first kappa shape index (κ1) is 18.1. The number of hydrogen-bond acceptors (Lipinski definition) is 4. The maximum atomic E-state index is 12.9. The van der Waals surface area contributed by atoms with Gasteiger partial charge in [-0.25, -0.2) is 13.4 Å². The Morgan fingerprint density at radius 2 is 1.82 bits per heavy atom. The molecule has 0 atom stereocenters. The number of fused-ring (bicyclic) bond motifs is 1. The minimum absolute atomic E-state index is 0.176. The Morgan fingerprint density at radius 1 is 1.04 bits per heavy atom. The van der Waals surface area contributed by atoms with Gasteiger partial charge < -0.3 is 9.14 Å². The van der Waals surface area contributed by atoms with E-state index in [-0.39, 0.29) is 4.90 Å². The minimum atomic E-state index is -3.76. The zero-order valence-corrected chi connectivity index (χ0v) is 16.3. The third-order valence-corrected chi connectivity index (χ3v) is 5.85. The summed E-state index contributed by atoms with van der Waals surface area (Å²) in [7, 11) is -2.21. The van der Waals surface area contributed by atoms with E-state index in [2.05, 4.69) is 9.71 Å². The van der Waals surface area contributed by atoms with Gasteiger partial charge in [0, 0.05) is 18.0 Å². The molecule has 2 heterocycles. The van der Waals surface area contributed by atoms with Crippen LogP contribution in [0.2, 0.25) is 0 Å². The number of benzene rings is 2. The number of ether oxygens (including phenoxy) is 1. The number of para-hydroxylation sites is 1. The molecule has 0 saturated heterocycles. The number of aryl methyl sites for hydroxylation is 1. The molecule has 0 aliphatic carbocycles. The molecule has 0 saturated carbocycles. The molecule has 28 heavy (non-hydrogen) atoms. The molecule has 0 aliphatic heterocycles. The van der Waals surface area contributed by atoms with Gasteiger partial charge in [-0.3, -0.25) is 4.72 Å². The SMILES string of the molecule is COc1ccc(S(=O)(=O)Nc2ccccc2-c2cn3ccccc3n2)cc1C. The van der Waals surface area contributed by atoms with Crippen molar-refractivity contribution in [2.24, 2.45) is 0 Å². The van der Waals surface area contributed by atoms with E-state index < -0.39 is 10.0 Å². The Kier molecular flexibility index (Phi) is 4.52. The van der Waals surface area contributed by atoms with Crippen molar-refractivity contribution in [2.45, 2.75) is 11.8 Å². The first-order valence-corrected chi connectivity index (χ1v) is 10.2.